The summed E-state index contributed by atoms with van der Waals surface area (Å²) in [7, 11) is 0. The van der Waals surface area contributed by atoms with E-state index in [0.29, 0.717) is 52.5 Å². The minimum atomic E-state index is -0.174. The Labute approximate surface area is 192 Å². The average molecular weight is 449 g/mol. The number of carbonyl (C=O) groups is 1. The predicted molar refractivity (Wildman–Crippen MR) is 126 cm³/mol. The molecule has 2 heterocycles. The van der Waals surface area contributed by atoms with Crippen molar-refractivity contribution < 1.29 is 14.3 Å². The molecule has 2 aromatic carbocycles. The number of rotatable bonds is 8. The van der Waals surface area contributed by atoms with Gasteiger partial charge in [-0.05, 0) is 50.2 Å². The Kier molecular flexibility index (Phi) is 7.07. The number of hydrogen-bond acceptors (Lipinski definition) is 7. The van der Waals surface area contributed by atoms with E-state index in [2.05, 4.69) is 26.5 Å². The number of nitrogens with one attached hydrogen (secondary N) is 2. The first-order valence-corrected chi connectivity index (χ1v) is 11.1. The van der Waals surface area contributed by atoms with Gasteiger partial charge >= 0.3 is 0 Å². The number of nitrogens with two attached hydrogens (primary N) is 1. The third kappa shape index (κ3) is 5.25. The van der Waals surface area contributed by atoms with Gasteiger partial charge in [0.25, 0.3) is 5.91 Å². The number of H-pyrrole nitrogens is 1. The Morgan fingerprint density at radius 1 is 1.30 bits per heavy atom. The Hall–Kier alpha value is -3.61. The maximum atomic E-state index is 12.8. The molecule has 4 N–H and O–H groups in total. The van der Waals surface area contributed by atoms with Crippen molar-refractivity contribution in [1.29, 1.82) is 5.26 Å². The van der Waals surface area contributed by atoms with Gasteiger partial charge in [0, 0.05) is 41.8 Å². The van der Waals surface area contributed by atoms with Crippen molar-refractivity contribution >= 4 is 22.5 Å². The predicted octanol–water partition coefficient (Wildman–Crippen LogP) is 2.53. The van der Waals surface area contributed by atoms with Crippen LogP contribution >= 0.6 is 0 Å². The summed E-state index contributed by atoms with van der Waals surface area (Å²) in [6.07, 6.45) is 0.867. The lowest BCUT2D eigenvalue weighted by Gasteiger charge is -2.26. The lowest BCUT2D eigenvalue weighted by molar-refractivity contribution is 0.0374. The summed E-state index contributed by atoms with van der Waals surface area (Å²) in [4.78, 5) is 15.1. The van der Waals surface area contributed by atoms with E-state index < -0.39 is 0 Å². The van der Waals surface area contributed by atoms with Gasteiger partial charge in [-0.2, -0.15) is 10.4 Å². The van der Waals surface area contributed by atoms with Gasteiger partial charge in [0.1, 0.15) is 17.5 Å². The molecule has 1 aliphatic rings. The van der Waals surface area contributed by atoms with Crippen molar-refractivity contribution in [3.63, 3.8) is 0 Å². The highest BCUT2D eigenvalue weighted by molar-refractivity contribution is 5.99. The SMILES string of the molecule is CCOc1cc2c(-c3cc(N)cc(C(=O)NCCCN4CCOCC4)c3)n[nH]c2cc1C#N. The van der Waals surface area contributed by atoms with E-state index in [-0.39, 0.29) is 5.91 Å². The van der Waals surface area contributed by atoms with Crippen LogP contribution in [0.1, 0.15) is 29.3 Å². The Morgan fingerprint density at radius 2 is 2.12 bits per heavy atom. The normalized spacial score (nSPS) is 14.2. The molecule has 0 bridgehead atoms. The second kappa shape index (κ2) is 10.3. The molecule has 9 heteroatoms. The summed E-state index contributed by atoms with van der Waals surface area (Å²) in [5.41, 5.74) is 9.57. The summed E-state index contributed by atoms with van der Waals surface area (Å²) >= 11 is 0. The van der Waals surface area contributed by atoms with Gasteiger partial charge in [0.2, 0.25) is 0 Å². The molecule has 0 aliphatic carbocycles. The van der Waals surface area contributed by atoms with Crippen LogP contribution in [0.25, 0.3) is 22.2 Å². The van der Waals surface area contributed by atoms with E-state index in [9.17, 15) is 10.1 Å². The van der Waals surface area contributed by atoms with Crippen LogP contribution in [-0.4, -0.2) is 67.0 Å². The Morgan fingerprint density at radius 3 is 2.88 bits per heavy atom. The minimum Gasteiger partial charge on any atom is -0.492 e. The number of benzene rings is 2. The molecule has 3 aromatic rings. The van der Waals surface area contributed by atoms with Gasteiger partial charge in [0.05, 0.1) is 30.9 Å². The fourth-order valence-corrected chi connectivity index (χ4v) is 3.98. The number of aromatic nitrogens is 2. The molecular weight excluding hydrogens is 420 g/mol. The maximum absolute atomic E-state index is 12.8. The molecule has 1 aromatic heterocycles. The van der Waals surface area contributed by atoms with Crippen LogP contribution < -0.4 is 15.8 Å². The van der Waals surface area contributed by atoms with E-state index in [0.717, 1.165) is 44.7 Å². The molecule has 0 spiro atoms. The number of nitriles is 1. The molecule has 1 aliphatic heterocycles. The Balaban J connectivity index is 1.51. The lowest BCUT2D eigenvalue weighted by Crippen LogP contribution is -2.38. The van der Waals surface area contributed by atoms with E-state index in [1.807, 2.05) is 6.92 Å². The largest absolute Gasteiger partial charge is 0.492 e. The zero-order valence-corrected chi connectivity index (χ0v) is 18.7. The van der Waals surface area contributed by atoms with Crippen molar-refractivity contribution in [3.8, 4) is 23.1 Å². The van der Waals surface area contributed by atoms with E-state index in [1.165, 1.54) is 0 Å². The molecule has 0 saturated carbocycles. The van der Waals surface area contributed by atoms with Crippen LogP contribution in [0.2, 0.25) is 0 Å². The second-order valence-electron chi connectivity index (χ2n) is 7.92. The fourth-order valence-electron chi connectivity index (χ4n) is 3.98. The van der Waals surface area contributed by atoms with Gasteiger partial charge in [-0.3, -0.25) is 14.8 Å². The summed E-state index contributed by atoms with van der Waals surface area (Å²) in [5.74, 6) is 0.324. The number of fused-ring (bicyclic) bond motifs is 1. The molecule has 0 unspecified atom stereocenters. The smallest absolute Gasteiger partial charge is 0.251 e. The highest BCUT2D eigenvalue weighted by Crippen LogP contribution is 2.33. The van der Waals surface area contributed by atoms with Crippen molar-refractivity contribution in [3.05, 3.63) is 41.5 Å². The molecule has 1 saturated heterocycles. The number of amides is 1. The highest BCUT2D eigenvalue weighted by atomic mass is 16.5. The van der Waals surface area contributed by atoms with Gasteiger partial charge in [0.15, 0.2) is 0 Å². The van der Waals surface area contributed by atoms with Crippen molar-refractivity contribution in [2.45, 2.75) is 13.3 Å². The first-order chi connectivity index (χ1) is 16.1. The van der Waals surface area contributed by atoms with Crippen LogP contribution in [0.4, 0.5) is 5.69 Å². The van der Waals surface area contributed by atoms with Crippen LogP contribution in [0.3, 0.4) is 0 Å². The summed E-state index contributed by atoms with van der Waals surface area (Å²) in [5, 5.41) is 20.5. The number of ether oxygens (including phenoxy) is 2. The first kappa shape index (κ1) is 22.6. The standard InChI is InChI=1S/C24H28N6O3/c1-2-33-22-14-20-21(13-18(22)15-25)28-29-23(20)16-10-17(12-19(26)11-16)24(31)27-4-3-5-30-6-8-32-9-7-30/h10-14H,2-9,26H2,1H3,(H,27,31)(H,28,29). The van der Waals surface area contributed by atoms with E-state index >= 15 is 0 Å². The molecule has 4 rings (SSSR count). The van der Waals surface area contributed by atoms with Gasteiger partial charge in [-0.15, -0.1) is 0 Å². The zero-order chi connectivity index (χ0) is 23.2. The molecule has 33 heavy (non-hydrogen) atoms. The number of anilines is 1. The summed E-state index contributed by atoms with van der Waals surface area (Å²) in [6, 6.07) is 10.9. The van der Waals surface area contributed by atoms with Crippen molar-refractivity contribution in [2.75, 3.05) is 51.7 Å². The number of hydrogen-bond donors (Lipinski definition) is 3. The number of aromatic amines is 1. The molecule has 0 radical (unpaired) electrons. The number of morpholine rings is 1. The van der Waals surface area contributed by atoms with Crippen LogP contribution in [0.15, 0.2) is 30.3 Å². The summed E-state index contributed by atoms with van der Waals surface area (Å²) < 4.78 is 11.0. The van der Waals surface area contributed by atoms with Gasteiger partial charge in [-0.25, -0.2) is 0 Å². The molecule has 1 amide bonds. The second-order valence-corrected chi connectivity index (χ2v) is 7.92. The fraction of sp³-hybridized carbons (Fsp3) is 0.375. The number of carbonyl (C=O) groups excluding carboxylic acids is 1. The van der Waals surface area contributed by atoms with E-state index in [4.69, 9.17) is 15.2 Å². The van der Waals surface area contributed by atoms with Gasteiger partial charge < -0.3 is 20.5 Å². The number of nitrogen functional groups attached to an aromatic ring is 1. The third-order valence-electron chi connectivity index (χ3n) is 5.61. The Bertz CT molecular complexity index is 1180. The monoisotopic (exact) mass is 448 g/mol. The van der Waals surface area contributed by atoms with E-state index in [1.54, 1.807) is 30.3 Å². The molecule has 9 nitrogen and oxygen atoms in total. The quantitative estimate of drug-likeness (QED) is 0.357. The molecule has 172 valence electrons. The average Bonchev–Trinajstić information content (AvgIpc) is 3.24. The molecule has 1 fully saturated rings. The lowest BCUT2D eigenvalue weighted by atomic mass is 10.0. The molecular formula is C24H28N6O3. The summed E-state index contributed by atoms with van der Waals surface area (Å²) in [6.45, 7) is 7.23. The highest BCUT2D eigenvalue weighted by Gasteiger charge is 2.16. The number of nitrogens with zero attached hydrogens (tertiary/aromatic N) is 3. The zero-order valence-electron chi connectivity index (χ0n) is 18.7. The van der Waals surface area contributed by atoms with Crippen molar-refractivity contribution in [1.82, 2.24) is 20.4 Å². The maximum Gasteiger partial charge on any atom is 0.251 e. The van der Waals surface area contributed by atoms with Gasteiger partial charge in [-0.1, -0.05) is 0 Å². The van der Waals surface area contributed by atoms with Crippen LogP contribution in [-0.2, 0) is 4.74 Å². The first-order valence-electron chi connectivity index (χ1n) is 11.1. The minimum absolute atomic E-state index is 0.174. The topological polar surface area (TPSA) is 129 Å². The molecule has 0 atom stereocenters. The van der Waals surface area contributed by atoms with Crippen LogP contribution in [0, 0.1) is 11.3 Å². The van der Waals surface area contributed by atoms with Crippen LogP contribution in [0.5, 0.6) is 5.75 Å². The van der Waals surface area contributed by atoms with Crippen molar-refractivity contribution in [2.24, 2.45) is 0 Å². The third-order valence-corrected chi connectivity index (χ3v) is 5.61.